The van der Waals surface area contributed by atoms with E-state index < -0.39 is 0 Å². The van der Waals surface area contributed by atoms with Crippen LogP contribution < -0.4 is 0 Å². The molecule has 0 aliphatic heterocycles. The second-order valence-corrected chi connectivity index (χ2v) is 6.65. The molecule has 1 heterocycles. The summed E-state index contributed by atoms with van der Waals surface area (Å²) in [6, 6.07) is 7.31. The van der Waals surface area contributed by atoms with Gasteiger partial charge >= 0.3 is 5.97 Å². The van der Waals surface area contributed by atoms with Gasteiger partial charge in [0.1, 0.15) is 0 Å². The monoisotopic (exact) mass is 354 g/mol. The molecule has 0 saturated carbocycles. The lowest BCUT2D eigenvalue weighted by atomic mass is 10.1. The largest absolute Gasteiger partial charge is 0.462 e. The summed E-state index contributed by atoms with van der Waals surface area (Å²) in [6.07, 6.45) is 12.8. The molecule has 2 rings (SSSR count). The number of nitrogens with zero attached hydrogens (tertiary/aromatic N) is 2. The number of esters is 1. The molecule has 0 spiro atoms. The second-order valence-electron chi connectivity index (χ2n) is 6.65. The van der Waals surface area contributed by atoms with Crippen LogP contribution in [0.3, 0.4) is 0 Å². The molecular weight excluding hydrogens is 324 g/mol. The van der Waals surface area contributed by atoms with Crippen molar-refractivity contribution in [3.8, 4) is 11.4 Å². The summed E-state index contributed by atoms with van der Waals surface area (Å²) in [6.45, 7) is 4.86. The lowest BCUT2D eigenvalue weighted by molar-refractivity contribution is 0.0497. The second kappa shape index (κ2) is 11.4. The summed E-state index contributed by atoms with van der Waals surface area (Å²) in [5, 5.41) is 0. The summed E-state index contributed by atoms with van der Waals surface area (Å²) < 4.78 is 5.34. The smallest absolute Gasteiger partial charge is 0.338 e. The molecule has 0 amide bonds. The minimum atomic E-state index is -0.261. The average Bonchev–Trinajstić information content (AvgIpc) is 2.69. The molecule has 140 valence electrons. The highest BCUT2D eigenvalue weighted by atomic mass is 16.5. The predicted molar refractivity (Wildman–Crippen MR) is 105 cm³/mol. The molecule has 0 radical (unpaired) electrons. The van der Waals surface area contributed by atoms with Crippen LogP contribution in [0.1, 0.15) is 74.7 Å². The summed E-state index contributed by atoms with van der Waals surface area (Å²) in [5.74, 6) is 0.420. The van der Waals surface area contributed by atoms with Gasteiger partial charge in [0, 0.05) is 18.0 Å². The van der Waals surface area contributed by atoms with Crippen molar-refractivity contribution in [3.05, 3.63) is 47.8 Å². The minimum absolute atomic E-state index is 0.261. The van der Waals surface area contributed by atoms with Crippen molar-refractivity contribution in [1.29, 1.82) is 0 Å². The van der Waals surface area contributed by atoms with Crippen LogP contribution in [0.5, 0.6) is 0 Å². The van der Waals surface area contributed by atoms with Gasteiger partial charge in [0.15, 0.2) is 5.82 Å². The molecule has 0 saturated heterocycles. The van der Waals surface area contributed by atoms with E-state index in [1.807, 2.05) is 24.5 Å². The summed E-state index contributed by atoms with van der Waals surface area (Å²) >= 11 is 0. The highest BCUT2D eigenvalue weighted by molar-refractivity contribution is 5.89. The molecule has 4 heteroatoms. The van der Waals surface area contributed by atoms with E-state index in [9.17, 15) is 4.79 Å². The van der Waals surface area contributed by atoms with Gasteiger partial charge in [-0.2, -0.15) is 0 Å². The Bertz CT molecular complexity index is 651. The molecule has 2 aromatic rings. The number of carbonyl (C=O) groups is 1. The average molecular weight is 354 g/mol. The Morgan fingerprint density at radius 3 is 2.19 bits per heavy atom. The van der Waals surface area contributed by atoms with Gasteiger partial charge in [-0.15, -0.1) is 0 Å². The number of unbranched alkanes of at least 4 members (excludes halogenated alkanes) is 5. The normalized spacial score (nSPS) is 10.7. The molecule has 0 fully saturated rings. The van der Waals surface area contributed by atoms with Gasteiger partial charge in [0.05, 0.1) is 12.2 Å². The molecule has 26 heavy (non-hydrogen) atoms. The molecule has 4 nitrogen and oxygen atoms in total. The quantitative estimate of drug-likeness (QED) is 0.388. The van der Waals surface area contributed by atoms with Crippen LogP contribution in [-0.2, 0) is 11.2 Å². The van der Waals surface area contributed by atoms with Crippen molar-refractivity contribution < 1.29 is 9.53 Å². The zero-order valence-corrected chi connectivity index (χ0v) is 16.0. The van der Waals surface area contributed by atoms with E-state index in [1.165, 1.54) is 19.3 Å². The highest BCUT2D eigenvalue weighted by Gasteiger charge is 2.08. The first-order valence-electron chi connectivity index (χ1n) is 9.83. The van der Waals surface area contributed by atoms with Gasteiger partial charge < -0.3 is 4.74 Å². The van der Waals surface area contributed by atoms with Crippen molar-refractivity contribution in [2.24, 2.45) is 0 Å². The van der Waals surface area contributed by atoms with E-state index in [2.05, 4.69) is 23.8 Å². The number of hydrogen-bond acceptors (Lipinski definition) is 4. The van der Waals surface area contributed by atoms with Crippen LogP contribution in [0.4, 0.5) is 0 Å². The van der Waals surface area contributed by atoms with Crippen LogP contribution >= 0.6 is 0 Å². The molecule has 1 aromatic carbocycles. The van der Waals surface area contributed by atoms with Gasteiger partial charge in [0.2, 0.25) is 0 Å². The van der Waals surface area contributed by atoms with E-state index in [4.69, 9.17) is 4.74 Å². The zero-order valence-electron chi connectivity index (χ0n) is 16.0. The molecular formula is C22H30N2O2. The summed E-state index contributed by atoms with van der Waals surface area (Å²) in [7, 11) is 0. The van der Waals surface area contributed by atoms with E-state index in [1.54, 1.807) is 12.1 Å². The van der Waals surface area contributed by atoms with Gasteiger partial charge in [-0.05, 0) is 37.0 Å². The van der Waals surface area contributed by atoms with E-state index in [-0.39, 0.29) is 5.97 Å². The SMILES string of the molecule is CCCCCCCOC(=O)c1ccc(-c2ncc(CCCC)cn2)cc1. The lowest BCUT2D eigenvalue weighted by Crippen LogP contribution is -2.06. The molecule has 0 N–H and O–H groups in total. The Morgan fingerprint density at radius 2 is 1.54 bits per heavy atom. The Labute approximate surface area is 157 Å². The fourth-order valence-electron chi connectivity index (χ4n) is 2.72. The Kier molecular flexibility index (Phi) is 8.81. The summed E-state index contributed by atoms with van der Waals surface area (Å²) in [4.78, 5) is 20.9. The number of benzene rings is 1. The standard InChI is InChI=1S/C22H30N2O2/c1-3-5-7-8-9-15-26-22(25)20-13-11-19(12-14-20)21-23-16-18(17-24-21)10-6-4-2/h11-14,16-17H,3-10,15H2,1-2H3. The first-order valence-corrected chi connectivity index (χ1v) is 9.83. The maximum absolute atomic E-state index is 12.1. The molecule has 1 aromatic heterocycles. The van der Waals surface area contributed by atoms with Crippen LogP contribution in [-0.4, -0.2) is 22.5 Å². The topological polar surface area (TPSA) is 52.1 Å². The van der Waals surface area contributed by atoms with Gasteiger partial charge in [-0.25, -0.2) is 14.8 Å². The molecule has 0 atom stereocenters. The highest BCUT2D eigenvalue weighted by Crippen LogP contribution is 2.16. The Hall–Kier alpha value is -2.23. The third-order valence-electron chi connectivity index (χ3n) is 4.38. The molecule has 0 aliphatic rings. The number of rotatable bonds is 11. The third kappa shape index (κ3) is 6.58. The van der Waals surface area contributed by atoms with Gasteiger partial charge in [-0.3, -0.25) is 0 Å². The predicted octanol–water partition coefficient (Wildman–Crippen LogP) is 5.61. The number of carbonyl (C=O) groups excluding carboxylic acids is 1. The molecule has 0 bridgehead atoms. The summed E-state index contributed by atoms with van der Waals surface area (Å²) in [5.41, 5.74) is 2.64. The van der Waals surface area contributed by atoms with Crippen molar-refractivity contribution in [3.63, 3.8) is 0 Å². The number of ether oxygens (including phenoxy) is 1. The van der Waals surface area contributed by atoms with Crippen LogP contribution in [0.15, 0.2) is 36.7 Å². The van der Waals surface area contributed by atoms with Crippen molar-refractivity contribution >= 4 is 5.97 Å². The first kappa shape index (κ1) is 20.1. The van der Waals surface area contributed by atoms with E-state index >= 15 is 0 Å². The third-order valence-corrected chi connectivity index (χ3v) is 4.38. The van der Waals surface area contributed by atoms with Crippen molar-refractivity contribution in [2.75, 3.05) is 6.61 Å². The van der Waals surface area contributed by atoms with E-state index in [0.717, 1.165) is 43.2 Å². The Balaban J connectivity index is 1.84. The van der Waals surface area contributed by atoms with Crippen LogP contribution in [0.25, 0.3) is 11.4 Å². The maximum atomic E-state index is 12.1. The van der Waals surface area contributed by atoms with Gasteiger partial charge in [-0.1, -0.05) is 58.1 Å². The Morgan fingerprint density at radius 1 is 0.885 bits per heavy atom. The fraction of sp³-hybridized carbons (Fsp3) is 0.500. The zero-order chi connectivity index (χ0) is 18.6. The fourth-order valence-corrected chi connectivity index (χ4v) is 2.72. The van der Waals surface area contributed by atoms with Gasteiger partial charge in [0.25, 0.3) is 0 Å². The van der Waals surface area contributed by atoms with Crippen LogP contribution in [0.2, 0.25) is 0 Å². The lowest BCUT2D eigenvalue weighted by Gasteiger charge is -2.06. The minimum Gasteiger partial charge on any atom is -0.462 e. The van der Waals surface area contributed by atoms with Crippen LogP contribution in [0, 0.1) is 0 Å². The van der Waals surface area contributed by atoms with Crippen molar-refractivity contribution in [2.45, 2.75) is 65.2 Å². The van der Waals surface area contributed by atoms with E-state index in [0.29, 0.717) is 18.0 Å². The number of aryl methyl sites for hydroxylation is 1. The number of hydrogen-bond donors (Lipinski definition) is 0. The number of aromatic nitrogens is 2. The molecule has 0 unspecified atom stereocenters. The first-order chi connectivity index (χ1) is 12.7. The maximum Gasteiger partial charge on any atom is 0.338 e. The molecule has 0 aliphatic carbocycles. The van der Waals surface area contributed by atoms with Crippen molar-refractivity contribution in [1.82, 2.24) is 9.97 Å².